The number of nitrogens with one attached hydrogen (secondary N) is 2. The third kappa shape index (κ3) is 2.32. The molecule has 0 radical (unpaired) electrons. The van der Waals surface area contributed by atoms with Crippen LogP contribution in [0.15, 0.2) is 39.5 Å². The Morgan fingerprint density at radius 1 is 1.29 bits per heavy atom. The highest BCUT2D eigenvalue weighted by atomic mass is 16.4. The molecule has 0 fully saturated rings. The van der Waals surface area contributed by atoms with Crippen LogP contribution in [0.3, 0.4) is 0 Å². The molecule has 6 heteroatoms. The van der Waals surface area contributed by atoms with E-state index < -0.39 is 5.76 Å². The van der Waals surface area contributed by atoms with Crippen LogP contribution in [-0.2, 0) is 0 Å². The van der Waals surface area contributed by atoms with E-state index in [0.717, 1.165) is 11.3 Å². The smallest absolute Gasteiger partial charge is 0.408 e. The highest BCUT2D eigenvalue weighted by Crippen LogP contribution is 2.29. The number of aryl methyl sites for hydroxylation is 1. The lowest BCUT2D eigenvalue weighted by Crippen LogP contribution is -1.98. The van der Waals surface area contributed by atoms with Crippen molar-refractivity contribution < 1.29 is 4.42 Å². The van der Waals surface area contributed by atoms with Crippen LogP contribution in [0.2, 0.25) is 0 Å². The van der Waals surface area contributed by atoms with E-state index in [0.29, 0.717) is 28.0 Å². The number of nitriles is 1. The number of nitrogens with zero attached hydrogens (tertiary/aromatic N) is 1. The second-order valence-corrected chi connectivity index (χ2v) is 4.72. The van der Waals surface area contributed by atoms with E-state index in [1.807, 2.05) is 13.0 Å². The maximum absolute atomic E-state index is 11.2. The van der Waals surface area contributed by atoms with E-state index in [9.17, 15) is 4.79 Å². The molecular weight excluding hydrogens is 268 g/mol. The first-order chi connectivity index (χ1) is 10.1. The Kier molecular flexibility index (Phi) is 2.88. The van der Waals surface area contributed by atoms with Crippen molar-refractivity contribution in [1.82, 2.24) is 4.98 Å². The first-order valence-corrected chi connectivity index (χ1v) is 6.27. The molecule has 0 aliphatic heterocycles. The number of hydrogen-bond donors (Lipinski definition) is 3. The van der Waals surface area contributed by atoms with E-state index in [2.05, 4.69) is 16.4 Å². The van der Waals surface area contributed by atoms with Crippen LogP contribution >= 0.6 is 0 Å². The second kappa shape index (κ2) is 4.72. The zero-order valence-corrected chi connectivity index (χ0v) is 11.2. The van der Waals surface area contributed by atoms with Gasteiger partial charge in [-0.2, -0.15) is 5.26 Å². The summed E-state index contributed by atoms with van der Waals surface area (Å²) in [7, 11) is 0. The molecule has 3 aromatic rings. The highest BCUT2D eigenvalue weighted by molar-refractivity contribution is 5.87. The van der Waals surface area contributed by atoms with Crippen LogP contribution in [0.5, 0.6) is 0 Å². The Balaban J connectivity index is 2.07. The molecule has 0 aliphatic carbocycles. The molecule has 4 N–H and O–H groups in total. The van der Waals surface area contributed by atoms with Gasteiger partial charge in [0.15, 0.2) is 5.58 Å². The molecule has 104 valence electrons. The molecule has 0 aliphatic rings. The fourth-order valence-corrected chi connectivity index (χ4v) is 2.09. The molecule has 21 heavy (non-hydrogen) atoms. The molecule has 0 saturated heterocycles. The van der Waals surface area contributed by atoms with Crippen LogP contribution in [0.25, 0.3) is 11.1 Å². The minimum absolute atomic E-state index is 0.408. The van der Waals surface area contributed by atoms with Gasteiger partial charge in [0.05, 0.1) is 28.5 Å². The monoisotopic (exact) mass is 280 g/mol. The van der Waals surface area contributed by atoms with Crippen molar-refractivity contribution in [2.75, 3.05) is 11.1 Å². The minimum atomic E-state index is -0.524. The largest absolute Gasteiger partial charge is 0.417 e. The average Bonchev–Trinajstić information content (AvgIpc) is 2.80. The van der Waals surface area contributed by atoms with E-state index in [4.69, 9.17) is 15.4 Å². The predicted molar refractivity (Wildman–Crippen MR) is 80.4 cm³/mol. The molecule has 0 unspecified atom stereocenters. The van der Waals surface area contributed by atoms with Crippen molar-refractivity contribution in [3.8, 4) is 6.07 Å². The minimum Gasteiger partial charge on any atom is -0.408 e. The lowest BCUT2D eigenvalue weighted by Gasteiger charge is -2.12. The fraction of sp³-hybridized carbons (Fsp3) is 0.0667. The van der Waals surface area contributed by atoms with Gasteiger partial charge in [0.2, 0.25) is 0 Å². The topological polar surface area (TPSA) is 108 Å². The standard InChI is InChI=1S/C15H12N4O2/c1-8-2-3-9(7-16)4-11(8)18-12-6-13-14(5-10(12)17)21-15(20)19-13/h2-6,18H,17H2,1H3,(H,19,20). The van der Waals surface area contributed by atoms with Gasteiger partial charge in [-0.05, 0) is 30.7 Å². The quantitative estimate of drug-likeness (QED) is 0.625. The van der Waals surface area contributed by atoms with E-state index in [1.165, 1.54) is 0 Å². The van der Waals surface area contributed by atoms with E-state index in [1.54, 1.807) is 24.3 Å². The zero-order chi connectivity index (χ0) is 15.0. The van der Waals surface area contributed by atoms with Gasteiger partial charge >= 0.3 is 5.76 Å². The third-order valence-corrected chi connectivity index (χ3v) is 3.23. The number of anilines is 3. The summed E-state index contributed by atoms with van der Waals surface area (Å²) in [6.45, 7) is 1.93. The molecule has 2 aromatic carbocycles. The van der Waals surface area contributed by atoms with E-state index >= 15 is 0 Å². The van der Waals surface area contributed by atoms with Crippen molar-refractivity contribution in [2.24, 2.45) is 0 Å². The van der Waals surface area contributed by atoms with E-state index in [-0.39, 0.29) is 0 Å². The number of hydrogen-bond acceptors (Lipinski definition) is 5. The zero-order valence-electron chi connectivity index (χ0n) is 11.2. The first kappa shape index (κ1) is 12.8. The van der Waals surface area contributed by atoms with Gasteiger partial charge in [-0.3, -0.25) is 4.98 Å². The Bertz CT molecular complexity index is 931. The number of H-pyrrole nitrogens is 1. The molecule has 0 saturated carbocycles. The van der Waals surface area contributed by atoms with Gasteiger partial charge in [0.25, 0.3) is 0 Å². The Hall–Kier alpha value is -3.20. The first-order valence-electron chi connectivity index (χ1n) is 6.27. The van der Waals surface area contributed by atoms with Gasteiger partial charge in [-0.15, -0.1) is 0 Å². The Morgan fingerprint density at radius 3 is 2.86 bits per heavy atom. The molecule has 0 amide bonds. The molecule has 0 atom stereocenters. The number of nitrogens with two attached hydrogens (primary N) is 1. The summed E-state index contributed by atoms with van der Waals surface area (Å²) < 4.78 is 4.95. The highest BCUT2D eigenvalue weighted by Gasteiger charge is 2.08. The van der Waals surface area contributed by atoms with Crippen LogP contribution in [0.1, 0.15) is 11.1 Å². The SMILES string of the molecule is Cc1ccc(C#N)cc1Nc1cc2[nH]c(=O)oc2cc1N. The maximum atomic E-state index is 11.2. The number of aromatic nitrogens is 1. The second-order valence-electron chi connectivity index (χ2n) is 4.72. The number of fused-ring (bicyclic) bond motifs is 1. The van der Waals surface area contributed by atoms with Crippen molar-refractivity contribution in [3.63, 3.8) is 0 Å². The lowest BCUT2D eigenvalue weighted by molar-refractivity contribution is 0.555. The summed E-state index contributed by atoms with van der Waals surface area (Å²) in [6.07, 6.45) is 0. The number of aromatic amines is 1. The molecule has 0 bridgehead atoms. The van der Waals surface area contributed by atoms with Crippen LogP contribution in [-0.4, -0.2) is 4.98 Å². The Labute approximate surface area is 119 Å². The predicted octanol–water partition coefficient (Wildman–Crippen LogP) is 2.63. The molecule has 1 heterocycles. The normalized spacial score (nSPS) is 10.5. The van der Waals surface area contributed by atoms with Gasteiger partial charge in [-0.25, -0.2) is 4.79 Å². The Morgan fingerprint density at radius 2 is 2.10 bits per heavy atom. The average molecular weight is 280 g/mol. The summed E-state index contributed by atoms with van der Waals surface area (Å²) in [5, 5.41) is 12.1. The molecular formula is C15H12N4O2. The lowest BCUT2D eigenvalue weighted by atomic mass is 10.1. The molecule has 0 spiro atoms. The maximum Gasteiger partial charge on any atom is 0.417 e. The fourth-order valence-electron chi connectivity index (χ4n) is 2.09. The van der Waals surface area contributed by atoms with Crippen LogP contribution in [0, 0.1) is 18.3 Å². The van der Waals surface area contributed by atoms with Crippen molar-refractivity contribution in [1.29, 1.82) is 5.26 Å². The van der Waals surface area contributed by atoms with Crippen LogP contribution < -0.4 is 16.8 Å². The van der Waals surface area contributed by atoms with Gasteiger partial charge in [0.1, 0.15) is 0 Å². The molecule has 1 aromatic heterocycles. The summed E-state index contributed by atoms with van der Waals surface area (Å²) in [6, 6.07) is 10.7. The van der Waals surface area contributed by atoms with Gasteiger partial charge in [0, 0.05) is 11.8 Å². The van der Waals surface area contributed by atoms with Crippen LogP contribution in [0.4, 0.5) is 17.1 Å². The number of oxazole rings is 1. The number of nitrogen functional groups attached to an aromatic ring is 1. The summed E-state index contributed by atoms with van der Waals surface area (Å²) in [5.74, 6) is -0.524. The summed E-state index contributed by atoms with van der Waals surface area (Å²) in [5.41, 5.74) is 10.3. The summed E-state index contributed by atoms with van der Waals surface area (Å²) in [4.78, 5) is 13.8. The van der Waals surface area contributed by atoms with Crippen molar-refractivity contribution in [2.45, 2.75) is 6.92 Å². The van der Waals surface area contributed by atoms with Gasteiger partial charge in [-0.1, -0.05) is 6.07 Å². The van der Waals surface area contributed by atoms with Gasteiger partial charge < -0.3 is 15.5 Å². The number of rotatable bonds is 2. The third-order valence-electron chi connectivity index (χ3n) is 3.23. The van der Waals surface area contributed by atoms with Crippen molar-refractivity contribution in [3.05, 3.63) is 52.0 Å². The molecule has 3 rings (SSSR count). The van der Waals surface area contributed by atoms with Crippen molar-refractivity contribution >= 4 is 28.2 Å². The molecule has 6 nitrogen and oxygen atoms in total. The summed E-state index contributed by atoms with van der Waals surface area (Å²) >= 11 is 0. The number of benzene rings is 2.